The van der Waals surface area contributed by atoms with Gasteiger partial charge in [-0.1, -0.05) is 20.3 Å². The third-order valence-electron chi connectivity index (χ3n) is 9.59. The van der Waals surface area contributed by atoms with E-state index in [2.05, 4.69) is 34.4 Å². The molecule has 4 amide bonds. The lowest BCUT2D eigenvalue weighted by atomic mass is 9.87. The van der Waals surface area contributed by atoms with Crippen LogP contribution in [0.1, 0.15) is 58.6 Å². The van der Waals surface area contributed by atoms with Crippen LogP contribution in [0.2, 0.25) is 0 Å². The minimum absolute atomic E-state index is 0.0194. The lowest BCUT2D eigenvalue weighted by Gasteiger charge is -2.30. The Morgan fingerprint density at radius 1 is 1.02 bits per heavy atom. The highest BCUT2D eigenvalue weighted by molar-refractivity contribution is 8.00. The highest BCUT2D eigenvalue weighted by Gasteiger charge is 2.50. The second-order valence-electron chi connectivity index (χ2n) is 15.1. The van der Waals surface area contributed by atoms with Gasteiger partial charge in [0.15, 0.2) is 17.7 Å². The number of carbonyl (C=O) groups excluding carboxylic acids is 5. The first-order chi connectivity index (χ1) is 29.8. The van der Waals surface area contributed by atoms with Crippen molar-refractivity contribution in [1.82, 2.24) is 35.1 Å². The summed E-state index contributed by atoms with van der Waals surface area (Å²) in [5.74, 6) is -1.89. The number of ketones is 1. The molecule has 2 aliphatic heterocycles. The fraction of sp³-hybridized carbons (Fsp3) is 0.688. The molecule has 64 heavy (non-hydrogen) atoms. The molecular weight excluding hydrogens is 939 g/mol. The molecule has 2 saturated heterocycles. The number of phosphoric ester groups is 3. The molecular formula is C32H52N9O19P3S. The van der Waals surface area contributed by atoms with Gasteiger partial charge in [-0.15, -0.1) is 11.8 Å². The van der Waals surface area contributed by atoms with Crippen molar-refractivity contribution >= 4 is 81.6 Å². The number of hydrogen-bond donors (Lipinski definition) is 10. The Morgan fingerprint density at radius 2 is 1.72 bits per heavy atom. The number of Topliss-reactive ketones (excluding diaryl/α,β-unsaturated/α-hetero) is 1. The van der Waals surface area contributed by atoms with Gasteiger partial charge >= 0.3 is 23.5 Å². The minimum atomic E-state index is -5.60. The number of phosphoric acid groups is 3. The number of likely N-dealkylation sites (tertiary alicyclic amines) is 1. The van der Waals surface area contributed by atoms with Crippen molar-refractivity contribution in [2.45, 2.75) is 88.3 Å². The number of aromatic nitrogens is 4. The molecule has 2 aromatic heterocycles. The first kappa shape index (κ1) is 53.3. The van der Waals surface area contributed by atoms with Gasteiger partial charge in [-0.05, 0) is 12.8 Å². The zero-order valence-electron chi connectivity index (χ0n) is 34.4. The van der Waals surface area contributed by atoms with Gasteiger partial charge in [-0.25, -0.2) is 28.6 Å². The molecule has 0 aliphatic carbocycles. The summed E-state index contributed by atoms with van der Waals surface area (Å²) in [6, 6.07) is 0. The molecule has 28 nitrogen and oxygen atoms in total. The summed E-state index contributed by atoms with van der Waals surface area (Å²) < 4.78 is 62.3. The maximum Gasteiger partial charge on any atom is 0.481 e. The van der Waals surface area contributed by atoms with Crippen molar-refractivity contribution in [3.05, 3.63) is 12.7 Å². The van der Waals surface area contributed by atoms with E-state index in [1.54, 1.807) is 0 Å². The second kappa shape index (κ2) is 22.9. The smallest absolute Gasteiger partial charge is 0.386 e. The number of amides is 4. The second-order valence-corrected chi connectivity index (χ2v) is 20.6. The maximum atomic E-state index is 12.7. The van der Waals surface area contributed by atoms with Crippen LogP contribution in [0.3, 0.4) is 0 Å². The number of nitrogen functional groups attached to an aromatic ring is 1. The van der Waals surface area contributed by atoms with E-state index in [1.165, 1.54) is 30.5 Å². The molecule has 0 spiro atoms. The highest BCUT2D eigenvalue weighted by atomic mass is 32.2. The molecule has 0 radical (unpaired) electrons. The number of aliphatic hydroxyl groups excluding tert-OH is 2. The zero-order chi connectivity index (χ0) is 47.6. The Balaban J connectivity index is 1.17. The largest absolute Gasteiger partial charge is 0.481 e. The third kappa shape index (κ3) is 15.4. The van der Waals surface area contributed by atoms with Gasteiger partial charge in [0.25, 0.3) is 0 Å². The van der Waals surface area contributed by atoms with E-state index >= 15 is 0 Å². The monoisotopic (exact) mass is 991 g/mol. The molecule has 8 atom stereocenters. The van der Waals surface area contributed by atoms with Crippen LogP contribution < -0.4 is 22.1 Å². The summed E-state index contributed by atoms with van der Waals surface area (Å²) in [4.78, 5) is 114. The Kier molecular flexibility index (Phi) is 19.1. The van der Waals surface area contributed by atoms with Gasteiger partial charge in [-0.2, -0.15) is 4.31 Å². The van der Waals surface area contributed by atoms with E-state index < -0.39 is 89.8 Å². The SMILES string of the molecule is CC(C)(COP(=O)(O)OP(=O)(O)OC[C@H]1O[C@@H](n2cnc3c(N)ncnc32)C(O)[C@H]1OP(=O)(O)O)[C@@H](O)C(=O)NCCC(=O)NCCSC1CC(=O)N(CCCCCC(=O)CN)C1=O. The quantitative estimate of drug-likeness (QED) is 0.0272. The van der Waals surface area contributed by atoms with Crippen LogP contribution in [0, 0.1) is 5.41 Å². The van der Waals surface area contributed by atoms with E-state index in [1.807, 2.05) is 0 Å². The van der Waals surface area contributed by atoms with Gasteiger partial charge in [0.1, 0.15) is 42.0 Å². The van der Waals surface area contributed by atoms with Gasteiger partial charge in [-0.3, -0.25) is 47.0 Å². The number of carbonyl (C=O) groups is 5. The number of anilines is 1. The number of unbranched alkanes of at least 4 members (excludes halogenated alkanes) is 2. The number of nitrogens with one attached hydrogen (secondary N) is 2. The maximum absolute atomic E-state index is 12.7. The molecule has 2 aromatic rings. The lowest BCUT2D eigenvalue weighted by Crippen LogP contribution is -2.46. The van der Waals surface area contributed by atoms with E-state index in [0.29, 0.717) is 31.4 Å². The summed E-state index contributed by atoms with van der Waals surface area (Å²) in [5, 5.41) is 25.9. The van der Waals surface area contributed by atoms with Crippen LogP contribution in [0.4, 0.5) is 5.82 Å². The summed E-state index contributed by atoms with van der Waals surface area (Å²) in [5.41, 5.74) is 9.49. The summed E-state index contributed by atoms with van der Waals surface area (Å²) in [7, 11) is -16.5. The number of rotatable bonds is 27. The fourth-order valence-electron chi connectivity index (χ4n) is 6.22. The standard InChI is InChI=1S/C32H52N9O19P3S/c1-32(2,26(46)29(47)36-8-7-21(43)35-9-11-64-20-12-22(44)40(30(20)48)10-5-3-4-6-18(42)13-33)15-57-63(54,55)60-62(52,53)56-14-19-25(59-61(49,50)51)24(45)31(58-19)41-17-39-23-27(34)37-16-38-28(23)41/h16-17,19-20,24-26,31,45-46H,3-15,33H2,1-2H3,(H,35,43)(H,36,47)(H,52,53)(H,54,55)(H2,34,37,38)(H2,49,50,51)/t19-,20?,24?,25+,26+,31-/m1/s1. The average molecular weight is 992 g/mol. The number of imidazole rings is 1. The number of thioether (sulfide) groups is 1. The predicted octanol–water partition coefficient (Wildman–Crippen LogP) is -1.65. The number of imide groups is 1. The normalized spacial score (nSPS) is 23.0. The van der Waals surface area contributed by atoms with Crippen LogP contribution in [-0.2, 0) is 60.3 Å². The summed E-state index contributed by atoms with van der Waals surface area (Å²) in [6.07, 6.45) is -4.86. The lowest BCUT2D eigenvalue weighted by molar-refractivity contribution is -0.139. The van der Waals surface area contributed by atoms with Crippen LogP contribution in [0.15, 0.2) is 12.7 Å². The molecule has 0 aromatic carbocycles. The third-order valence-corrected chi connectivity index (χ3v) is 13.9. The molecule has 2 aliphatic rings. The fourth-order valence-corrected chi connectivity index (χ4v) is 10.1. The summed E-state index contributed by atoms with van der Waals surface area (Å²) >= 11 is 1.21. The van der Waals surface area contributed by atoms with E-state index in [4.69, 9.17) is 25.3 Å². The molecule has 4 unspecified atom stereocenters. The van der Waals surface area contributed by atoms with Crippen molar-refractivity contribution < 1.29 is 90.1 Å². The number of nitrogens with two attached hydrogens (primary N) is 2. The molecule has 4 heterocycles. The van der Waals surface area contributed by atoms with Crippen LogP contribution in [0.25, 0.3) is 11.2 Å². The van der Waals surface area contributed by atoms with Crippen molar-refractivity contribution in [1.29, 1.82) is 0 Å². The highest BCUT2D eigenvalue weighted by Crippen LogP contribution is 2.61. The van der Waals surface area contributed by atoms with Crippen molar-refractivity contribution in [2.75, 3.05) is 50.9 Å². The number of fused-ring (bicyclic) bond motifs is 1. The van der Waals surface area contributed by atoms with Crippen LogP contribution >= 0.6 is 35.2 Å². The molecule has 2 fully saturated rings. The topological polar surface area (TPSA) is 427 Å². The Hall–Kier alpha value is -3.34. The number of nitrogens with zero attached hydrogens (tertiary/aromatic N) is 5. The van der Waals surface area contributed by atoms with E-state index in [9.17, 15) is 67.5 Å². The van der Waals surface area contributed by atoms with Crippen molar-refractivity contribution in [2.24, 2.45) is 11.1 Å². The van der Waals surface area contributed by atoms with Gasteiger partial charge < -0.3 is 56.6 Å². The van der Waals surface area contributed by atoms with E-state index in [-0.39, 0.29) is 73.6 Å². The van der Waals surface area contributed by atoms with Crippen molar-refractivity contribution in [3.8, 4) is 0 Å². The van der Waals surface area contributed by atoms with E-state index in [0.717, 1.165) is 17.2 Å². The Morgan fingerprint density at radius 3 is 2.41 bits per heavy atom. The van der Waals surface area contributed by atoms with Gasteiger partial charge in [0.05, 0.1) is 31.3 Å². The van der Waals surface area contributed by atoms with Crippen molar-refractivity contribution in [3.63, 3.8) is 0 Å². The average Bonchev–Trinajstić information content (AvgIpc) is 3.86. The predicted molar refractivity (Wildman–Crippen MR) is 220 cm³/mol. The first-order valence-electron chi connectivity index (χ1n) is 19.4. The minimum Gasteiger partial charge on any atom is -0.386 e. The summed E-state index contributed by atoms with van der Waals surface area (Å²) in [6.45, 7) is 0.539. The number of aliphatic hydroxyl groups is 2. The number of ether oxygens (including phenoxy) is 1. The van der Waals surface area contributed by atoms with Gasteiger partial charge in [0.2, 0.25) is 23.6 Å². The zero-order valence-corrected chi connectivity index (χ0v) is 37.9. The molecule has 0 saturated carbocycles. The van der Waals surface area contributed by atoms with Gasteiger partial charge in [0, 0.05) is 50.1 Å². The van der Waals surface area contributed by atoms with Crippen LogP contribution in [0.5, 0.6) is 0 Å². The molecule has 32 heteroatoms. The molecule has 12 N–H and O–H groups in total. The number of hydrogen-bond acceptors (Lipinski definition) is 21. The molecule has 4 rings (SSSR count). The van der Waals surface area contributed by atoms with Crippen LogP contribution in [-0.4, -0.2) is 158 Å². The molecule has 360 valence electrons. The molecule has 0 bridgehead atoms. The Bertz CT molecular complexity index is 2150. The first-order valence-corrected chi connectivity index (χ1v) is 25.0. The Labute approximate surface area is 368 Å².